The highest BCUT2D eigenvalue weighted by atomic mass is 32.1. The van der Waals surface area contributed by atoms with Crippen molar-refractivity contribution >= 4 is 33.1 Å². The smallest absolute Gasteiger partial charge is 0.255 e. The van der Waals surface area contributed by atoms with Crippen LogP contribution in [-0.4, -0.2) is 24.6 Å². The second-order valence-corrected chi connectivity index (χ2v) is 8.06. The Labute approximate surface area is 180 Å². The molecule has 30 heavy (non-hydrogen) atoms. The number of carbonyl (C=O) groups is 1. The van der Waals surface area contributed by atoms with Gasteiger partial charge in [0.15, 0.2) is 0 Å². The summed E-state index contributed by atoms with van der Waals surface area (Å²) < 4.78 is 6.29. The Balaban J connectivity index is 1.58. The van der Waals surface area contributed by atoms with Crippen LogP contribution in [0.25, 0.3) is 21.3 Å². The van der Waals surface area contributed by atoms with E-state index in [2.05, 4.69) is 28.5 Å². The molecule has 1 N–H and O–H groups in total. The first-order valence-electron chi connectivity index (χ1n) is 10.1. The summed E-state index contributed by atoms with van der Waals surface area (Å²) in [6.07, 6.45) is 2.91. The molecule has 0 radical (unpaired) electrons. The van der Waals surface area contributed by atoms with Gasteiger partial charge in [-0.2, -0.15) is 0 Å². The fraction of sp³-hybridized carbons (Fsp3) is 0.200. The number of benzene rings is 3. The number of hydrogen-bond donors (Lipinski definition) is 1. The molecule has 3 aromatic carbocycles. The fourth-order valence-electron chi connectivity index (χ4n) is 3.54. The van der Waals surface area contributed by atoms with Crippen molar-refractivity contribution in [2.75, 3.05) is 19.0 Å². The van der Waals surface area contributed by atoms with E-state index in [-0.39, 0.29) is 5.91 Å². The SMILES string of the molecule is COCCCCc1cc(C(=O)Nc2ccc3scnc3c2)ccc1-c1ccccc1. The molecule has 1 aromatic heterocycles. The molecule has 1 amide bonds. The molecule has 4 aromatic rings. The Morgan fingerprint density at radius 3 is 2.73 bits per heavy atom. The monoisotopic (exact) mass is 416 g/mol. The topological polar surface area (TPSA) is 51.2 Å². The number of thiazole rings is 1. The summed E-state index contributed by atoms with van der Waals surface area (Å²) in [5, 5.41) is 3.01. The number of rotatable bonds is 8. The lowest BCUT2D eigenvalue weighted by atomic mass is 9.94. The number of hydrogen-bond acceptors (Lipinski definition) is 4. The predicted octanol–water partition coefficient (Wildman–Crippen LogP) is 6.18. The van der Waals surface area contributed by atoms with E-state index in [1.54, 1.807) is 18.4 Å². The quantitative estimate of drug-likeness (QED) is 0.349. The van der Waals surface area contributed by atoms with E-state index >= 15 is 0 Å². The third kappa shape index (κ3) is 4.75. The summed E-state index contributed by atoms with van der Waals surface area (Å²) >= 11 is 1.59. The van der Waals surface area contributed by atoms with Gasteiger partial charge in [-0.25, -0.2) is 4.98 Å². The largest absolute Gasteiger partial charge is 0.385 e. The van der Waals surface area contributed by atoms with Crippen molar-refractivity contribution in [3.63, 3.8) is 0 Å². The molecule has 1 heterocycles. The van der Waals surface area contributed by atoms with Gasteiger partial charge in [0.05, 0.1) is 15.7 Å². The number of fused-ring (bicyclic) bond motifs is 1. The van der Waals surface area contributed by atoms with E-state index in [9.17, 15) is 4.79 Å². The summed E-state index contributed by atoms with van der Waals surface area (Å²) in [4.78, 5) is 17.2. The van der Waals surface area contributed by atoms with Crippen LogP contribution in [0.5, 0.6) is 0 Å². The van der Waals surface area contributed by atoms with Crippen LogP contribution in [0.3, 0.4) is 0 Å². The van der Waals surface area contributed by atoms with Crippen LogP contribution in [0.4, 0.5) is 5.69 Å². The fourth-order valence-corrected chi connectivity index (χ4v) is 4.20. The Morgan fingerprint density at radius 2 is 1.90 bits per heavy atom. The average molecular weight is 417 g/mol. The minimum atomic E-state index is -0.109. The minimum absolute atomic E-state index is 0.109. The lowest BCUT2D eigenvalue weighted by Crippen LogP contribution is -2.12. The number of aryl methyl sites for hydroxylation is 1. The minimum Gasteiger partial charge on any atom is -0.385 e. The number of anilines is 1. The molecular formula is C25H24N2O2S. The van der Waals surface area contributed by atoms with Gasteiger partial charge >= 0.3 is 0 Å². The molecular weight excluding hydrogens is 392 g/mol. The summed E-state index contributed by atoms with van der Waals surface area (Å²) in [6, 6.07) is 22.1. The maximum atomic E-state index is 12.9. The molecule has 0 spiro atoms. The van der Waals surface area contributed by atoms with Gasteiger partial charge in [-0.15, -0.1) is 11.3 Å². The number of aromatic nitrogens is 1. The summed E-state index contributed by atoms with van der Waals surface area (Å²) in [6.45, 7) is 0.750. The summed E-state index contributed by atoms with van der Waals surface area (Å²) in [5.74, 6) is -0.109. The van der Waals surface area contributed by atoms with Crippen LogP contribution in [0.1, 0.15) is 28.8 Å². The zero-order valence-electron chi connectivity index (χ0n) is 16.9. The number of nitrogens with zero attached hydrogens (tertiary/aromatic N) is 1. The van der Waals surface area contributed by atoms with Gasteiger partial charge < -0.3 is 10.1 Å². The van der Waals surface area contributed by atoms with E-state index in [0.717, 1.165) is 41.8 Å². The van der Waals surface area contributed by atoms with E-state index in [0.29, 0.717) is 5.56 Å². The highest BCUT2D eigenvalue weighted by molar-refractivity contribution is 7.16. The maximum Gasteiger partial charge on any atom is 0.255 e. The Morgan fingerprint density at radius 1 is 1.03 bits per heavy atom. The third-order valence-electron chi connectivity index (χ3n) is 5.09. The van der Waals surface area contributed by atoms with Gasteiger partial charge in [0.25, 0.3) is 5.91 Å². The molecule has 0 aliphatic rings. The first-order valence-corrected chi connectivity index (χ1v) is 10.9. The highest BCUT2D eigenvalue weighted by Crippen LogP contribution is 2.27. The van der Waals surface area contributed by atoms with Crippen molar-refractivity contribution in [2.24, 2.45) is 0 Å². The van der Waals surface area contributed by atoms with Gasteiger partial charge in [0, 0.05) is 25.0 Å². The zero-order chi connectivity index (χ0) is 20.8. The van der Waals surface area contributed by atoms with Crippen LogP contribution in [-0.2, 0) is 11.2 Å². The molecule has 0 bridgehead atoms. The predicted molar refractivity (Wildman–Crippen MR) is 124 cm³/mol. The van der Waals surface area contributed by atoms with Crippen LogP contribution in [0, 0.1) is 0 Å². The van der Waals surface area contributed by atoms with Crippen LogP contribution in [0.2, 0.25) is 0 Å². The van der Waals surface area contributed by atoms with Gasteiger partial charge in [0.2, 0.25) is 0 Å². The number of ether oxygens (including phenoxy) is 1. The second-order valence-electron chi connectivity index (χ2n) is 7.18. The lowest BCUT2D eigenvalue weighted by Gasteiger charge is -2.13. The van der Waals surface area contributed by atoms with Crippen molar-refractivity contribution in [1.29, 1.82) is 0 Å². The molecule has 4 nitrogen and oxygen atoms in total. The highest BCUT2D eigenvalue weighted by Gasteiger charge is 2.12. The van der Waals surface area contributed by atoms with Crippen LogP contribution in [0.15, 0.2) is 72.2 Å². The van der Waals surface area contributed by atoms with Crippen LogP contribution < -0.4 is 5.32 Å². The summed E-state index contributed by atoms with van der Waals surface area (Å²) in [7, 11) is 1.73. The number of unbranched alkanes of at least 4 members (excludes halogenated alkanes) is 1. The van der Waals surface area contributed by atoms with Crippen molar-refractivity contribution in [3.05, 3.63) is 83.4 Å². The standard InChI is InChI=1S/C25H24N2O2S/c1-29-14-6-5-9-19-15-20(10-12-22(19)18-7-3-2-4-8-18)25(28)27-21-11-13-24-23(16-21)26-17-30-24/h2-4,7-8,10-13,15-17H,5-6,9,14H2,1H3,(H,27,28). The molecule has 0 aliphatic heterocycles. The van der Waals surface area contributed by atoms with Gasteiger partial charge in [-0.1, -0.05) is 36.4 Å². The van der Waals surface area contributed by atoms with E-state index in [4.69, 9.17) is 4.74 Å². The molecule has 0 fully saturated rings. The van der Waals surface area contributed by atoms with Crippen molar-refractivity contribution < 1.29 is 9.53 Å². The first-order chi connectivity index (χ1) is 14.7. The first kappa shape index (κ1) is 20.3. The Bertz CT molecular complexity index is 1140. The van der Waals surface area contributed by atoms with Crippen molar-refractivity contribution in [1.82, 2.24) is 4.98 Å². The van der Waals surface area contributed by atoms with Gasteiger partial charge in [0.1, 0.15) is 0 Å². The number of nitrogens with one attached hydrogen (secondary N) is 1. The third-order valence-corrected chi connectivity index (χ3v) is 5.90. The Hall–Kier alpha value is -3.02. The molecule has 5 heteroatoms. The molecule has 0 unspecified atom stereocenters. The molecule has 0 atom stereocenters. The van der Waals surface area contributed by atoms with Gasteiger partial charge in [-0.05, 0) is 66.3 Å². The average Bonchev–Trinajstić information content (AvgIpc) is 3.25. The number of carbonyl (C=O) groups excluding carboxylic acids is 1. The molecule has 0 aliphatic carbocycles. The van der Waals surface area contributed by atoms with Crippen molar-refractivity contribution in [3.8, 4) is 11.1 Å². The second kappa shape index (κ2) is 9.65. The van der Waals surface area contributed by atoms with Crippen LogP contribution >= 0.6 is 11.3 Å². The maximum absolute atomic E-state index is 12.9. The molecule has 0 saturated carbocycles. The summed E-state index contributed by atoms with van der Waals surface area (Å²) in [5.41, 5.74) is 7.65. The Kier molecular flexibility index (Phi) is 6.52. The van der Waals surface area contributed by atoms with Gasteiger partial charge in [-0.3, -0.25) is 4.79 Å². The lowest BCUT2D eigenvalue weighted by molar-refractivity contribution is 0.102. The molecule has 4 rings (SSSR count). The zero-order valence-corrected chi connectivity index (χ0v) is 17.7. The number of amides is 1. The molecule has 0 saturated heterocycles. The molecule has 152 valence electrons. The normalized spacial score (nSPS) is 11.0. The van der Waals surface area contributed by atoms with E-state index in [1.807, 2.05) is 54.0 Å². The number of methoxy groups -OCH3 is 1. The van der Waals surface area contributed by atoms with E-state index < -0.39 is 0 Å². The van der Waals surface area contributed by atoms with E-state index in [1.165, 1.54) is 16.7 Å². The van der Waals surface area contributed by atoms with Crippen molar-refractivity contribution in [2.45, 2.75) is 19.3 Å².